The minimum Gasteiger partial charge on any atom is -0.508 e. The Morgan fingerprint density at radius 3 is 1.96 bits per heavy atom. The number of hydrogen-bond donors (Lipinski definition) is 2. The van der Waals surface area contributed by atoms with Gasteiger partial charge in [-0.3, -0.25) is 9.13 Å². The minimum absolute atomic E-state index is 0.0861. The monoisotopic (exact) mass is 383 g/mol. The predicted molar refractivity (Wildman–Crippen MR) is 107 cm³/mol. The number of benzene rings is 2. The molecule has 0 aliphatic carbocycles. The molecule has 0 unspecified atom stereocenters. The van der Waals surface area contributed by atoms with Crippen LogP contribution in [0.4, 0.5) is 5.69 Å². The molecule has 0 saturated carbocycles. The summed E-state index contributed by atoms with van der Waals surface area (Å²) in [6, 6.07) is 14.7. The Kier molecular flexibility index (Phi) is 4.63. The second-order valence-electron chi connectivity index (χ2n) is 6.49. The van der Waals surface area contributed by atoms with Crippen LogP contribution in [0.15, 0.2) is 48.5 Å². The highest BCUT2D eigenvalue weighted by atomic mass is 32.1. The van der Waals surface area contributed by atoms with Gasteiger partial charge in [0.2, 0.25) is 5.88 Å². The first-order valence-electron chi connectivity index (χ1n) is 8.82. The second-order valence-corrected chi connectivity index (χ2v) is 6.86. The van der Waals surface area contributed by atoms with Crippen LogP contribution in [0.25, 0.3) is 11.4 Å². The highest BCUT2D eigenvalue weighted by Gasteiger charge is 2.17. The Morgan fingerprint density at radius 1 is 0.815 bits per heavy atom. The third kappa shape index (κ3) is 3.20. The molecule has 1 aliphatic heterocycles. The van der Waals surface area contributed by atoms with E-state index in [2.05, 4.69) is 17.0 Å². The van der Waals surface area contributed by atoms with E-state index in [-0.39, 0.29) is 11.6 Å². The molecule has 2 heterocycles. The Labute approximate surface area is 162 Å². The van der Waals surface area contributed by atoms with E-state index in [0.717, 1.165) is 37.7 Å². The highest BCUT2D eigenvalue weighted by Crippen LogP contribution is 2.29. The number of nitrogens with zero attached hydrogens (tertiary/aromatic N) is 3. The maximum atomic E-state index is 10.6. The van der Waals surface area contributed by atoms with Crippen molar-refractivity contribution in [2.45, 2.75) is 6.92 Å². The molecule has 0 radical (unpaired) electrons. The maximum Gasteiger partial charge on any atom is 0.218 e. The largest absolute Gasteiger partial charge is 0.508 e. The number of aromatic nitrogens is 2. The van der Waals surface area contributed by atoms with Gasteiger partial charge in [0.1, 0.15) is 5.75 Å². The third-order valence-corrected chi connectivity index (χ3v) is 5.21. The van der Waals surface area contributed by atoms with E-state index in [4.69, 9.17) is 17.0 Å². The molecule has 4 rings (SSSR count). The van der Waals surface area contributed by atoms with Crippen molar-refractivity contribution in [3.63, 3.8) is 0 Å². The van der Waals surface area contributed by atoms with Gasteiger partial charge in [0.05, 0.1) is 24.6 Å². The molecule has 6 nitrogen and oxygen atoms in total. The van der Waals surface area contributed by atoms with Gasteiger partial charge in [-0.1, -0.05) is 0 Å². The third-order valence-electron chi connectivity index (χ3n) is 4.85. The van der Waals surface area contributed by atoms with Crippen LogP contribution in [0.1, 0.15) is 5.69 Å². The van der Waals surface area contributed by atoms with Crippen LogP contribution < -0.4 is 4.90 Å². The Morgan fingerprint density at radius 2 is 1.33 bits per heavy atom. The molecule has 3 aromatic rings. The quantitative estimate of drug-likeness (QED) is 0.677. The van der Waals surface area contributed by atoms with E-state index in [9.17, 15) is 10.2 Å². The summed E-state index contributed by atoms with van der Waals surface area (Å²) < 4.78 is 9.32. The summed E-state index contributed by atoms with van der Waals surface area (Å²) >= 11 is 5.63. The molecular formula is C20H21N3O3S. The van der Waals surface area contributed by atoms with Gasteiger partial charge in [-0.2, -0.15) is 0 Å². The molecule has 0 amide bonds. The summed E-state index contributed by atoms with van der Waals surface area (Å²) in [5.41, 5.74) is 3.39. The summed E-state index contributed by atoms with van der Waals surface area (Å²) in [5.74, 6) is 0.252. The van der Waals surface area contributed by atoms with Crippen LogP contribution in [0, 0.1) is 11.7 Å². The number of rotatable bonds is 3. The molecule has 7 heteroatoms. The lowest BCUT2D eigenvalue weighted by Gasteiger charge is -2.29. The average molecular weight is 383 g/mol. The Balaban J connectivity index is 1.73. The molecule has 27 heavy (non-hydrogen) atoms. The molecule has 2 aromatic carbocycles. The smallest absolute Gasteiger partial charge is 0.218 e. The van der Waals surface area contributed by atoms with Gasteiger partial charge in [0.15, 0.2) is 4.77 Å². The lowest BCUT2D eigenvalue weighted by molar-refractivity contribution is 0.122. The molecule has 1 aromatic heterocycles. The molecule has 0 spiro atoms. The van der Waals surface area contributed by atoms with Crippen LogP contribution in [0.3, 0.4) is 0 Å². The van der Waals surface area contributed by atoms with Crippen molar-refractivity contribution in [3.8, 4) is 23.0 Å². The number of anilines is 1. The van der Waals surface area contributed by atoms with Crippen LogP contribution in [-0.2, 0) is 4.74 Å². The number of morpholine rings is 1. The zero-order valence-electron chi connectivity index (χ0n) is 15.0. The summed E-state index contributed by atoms with van der Waals surface area (Å²) in [6.07, 6.45) is 0. The molecule has 0 bridgehead atoms. The number of phenols is 1. The molecule has 1 saturated heterocycles. The van der Waals surface area contributed by atoms with Gasteiger partial charge in [-0.05, 0) is 67.7 Å². The lowest BCUT2D eigenvalue weighted by Crippen LogP contribution is -2.36. The van der Waals surface area contributed by atoms with Crippen molar-refractivity contribution in [2.24, 2.45) is 0 Å². The zero-order valence-corrected chi connectivity index (χ0v) is 15.8. The van der Waals surface area contributed by atoms with Crippen molar-refractivity contribution in [3.05, 3.63) is 59.0 Å². The first-order valence-corrected chi connectivity index (χ1v) is 9.23. The molecule has 1 fully saturated rings. The number of hydrogen-bond acceptors (Lipinski definition) is 5. The van der Waals surface area contributed by atoms with Crippen molar-refractivity contribution < 1.29 is 14.9 Å². The van der Waals surface area contributed by atoms with Crippen molar-refractivity contribution in [1.29, 1.82) is 0 Å². The highest BCUT2D eigenvalue weighted by molar-refractivity contribution is 7.71. The van der Waals surface area contributed by atoms with Gasteiger partial charge < -0.3 is 19.8 Å². The fourth-order valence-corrected chi connectivity index (χ4v) is 3.80. The normalized spacial score (nSPS) is 14.5. The number of aromatic hydroxyl groups is 2. The Hall–Kier alpha value is -2.77. The summed E-state index contributed by atoms with van der Waals surface area (Å²) in [5, 5.41) is 20.1. The van der Waals surface area contributed by atoms with Crippen LogP contribution >= 0.6 is 12.2 Å². The molecule has 140 valence electrons. The van der Waals surface area contributed by atoms with Crippen molar-refractivity contribution in [1.82, 2.24) is 9.13 Å². The van der Waals surface area contributed by atoms with Gasteiger partial charge in [-0.15, -0.1) is 0 Å². The van der Waals surface area contributed by atoms with Gasteiger partial charge in [0, 0.05) is 24.5 Å². The van der Waals surface area contributed by atoms with Crippen LogP contribution in [0.5, 0.6) is 11.6 Å². The SMILES string of the molecule is Cc1c(O)n(-c2ccc(O)cc2)c(=S)n1-c1ccc(N2CCOCC2)cc1. The summed E-state index contributed by atoms with van der Waals surface area (Å²) in [6.45, 7) is 5.09. The zero-order chi connectivity index (χ0) is 19.0. The van der Waals surface area contributed by atoms with Crippen LogP contribution in [-0.4, -0.2) is 45.7 Å². The molecule has 1 aliphatic rings. The molecule has 0 atom stereocenters. The predicted octanol–water partition coefficient (Wildman–Crippen LogP) is 3.55. The first kappa shape index (κ1) is 17.6. The summed E-state index contributed by atoms with van der Waals surface area (Å²) in [7, 11) is 0. The lowest BCUT2D eigenvalue weighted by atomic mass is 10.2. The Bertz CT molecular complexity index is 1000. The average Bonchev–Trinajstić information content (AvgIpc) is 2.92. The maximum absolute atomic E-state index is 10.6. The topological polar surface area (TPSA) is 62.8 Å². The van der Waals surface area contributed by atoms with E-state index < -0.39 is 0 Å². The fourth-order valence-electron chi connectivity index (χ4n) is 3.37. The van der Waals surface area contributed by atoms with Gasteiger partial charge >= 0.3 is 0 Å². The fraction of sp³-hybridized carbons (Fsp3) is 0.250. The molecular weight excluding hydrogens is 362 g/mol. The van der Waals surface area contributed by atoms with Crippen LogP contribution in [0.2, 0.25) is 0 Å². The number of phenolic OH excluding ortho intramolecular Hbond substituents is 1. The van der Waals surface area contributed by atoms with Gasteiger partial charge in [0.25, 0.3) is 0 Å². The number of imidazole rings is 1. The molecule has 2 N–H and O–H groups in total. The van der Waals surface area contributed by atoms with Crippen molar-refractivity contribution in [2.75, 3.05) is 31.2 Å². The van der Waals surface area contributed by atoms with E-state index >= 15 is 0 Å². The van der Waals surface area contributed by atoms with Crippen molar-refractivity contribution >= 4 is 17.9 Å². The van der Waals surface area contributed by atoms with E-state index in [1.165, 1.54) is 0 Å². The van der Waals surface area contributed by atoms with E-state index in [1.807, 2.05) is 23.6 Å². The second kappa shape index (κ2) is 7.09. The first-order chi connectivity index (χ1) is 13.1. The summed E-state index contributed by atoms with van der Waals surface area (Å²) in [4.78, 5) is 2.29. The van der Waals surface area contributed by atoms with E-state index in [1.54, 1.807) is 28.8 Å². The minimum atomic E-state index is 0.0861. The van der Waals surface area contributed by atoms with E-state index in [0.29, 0.717) is 16.2 Å². The van der Waals surface area contributed by atoms with Gasteiger partial charge in [-0.25, -0.2) is 0 Å². The standard InChI is InChI=1S/C20H21N3O3S/c1-14-19(25)23(17-6-8-18(24)9-7-17)20(27)22(14)16-4-2-15(3-5-16)21-10-12-26-13-11-21/h2-9,24-25H,10-13H2,1H3. The number of ether oxygens (including phenoxy) is 1.